The Hall–Kier alpha value is -0.240. The molecule has 0 aromatic heterocycles. The van der Waals surface area contributed by atoms with Crippen molar-refractivity contribution >= 4 is 0 Å². The van der Waals surface area contributed by atoms with Crippen molar-refractivity contribution in [1.29, 1.82) is 0 Å². The van der Waals surface area contributed by atoms with Crippen LogP contribution >= 0.6 is 0 Å². The van der Waals surface area contributed by atoms with Gasteiger partial charge in [-0.05, 0) is 44.9 Å². The van der Waals surface area contributed by atoms with Crippen LogP contribution in [-0.4, -0.2) is 53.5 Å². The van der Waals surface area contributed by atoms with E-state index in [9.17, 15) is 10.2 Å². The van der Waals surface area contributed by atoms with Gasteiger partial charge in [-0.3, -0.25) is 0 Å². The Labute approximate surface area is 162 Å². The zero-order chi connectivity index (χ0) is 19.2. The van der Waals surface area contributed by atoms with Crippen LogP contribution in [-0.2, 0) is 18.9 Å². The molecule has 4 rings (SSSR count). The Balaban J connectivity index is 1.57. The molecule has 2 saturated carbocycles. The fourth-order valence-electron chi connectivity index (χ4n) is 5.99. The summed E-state index contributed by atoms with van der Waals surface area (Å²) in [5.41, 5.74) is -1.05. The van der Waals surface area contributed by atoms with E-state index in [0.717, 1.165) is 51.4 Å². The molecule has 2 aliphatic carbocycles. The molecule has 0 radical (unpaired) electrons. The van der Waals surface area contributed by atoms with Gasteiger partial charge in [0.05, 0.1) is 12.2 Å². The molecule has 0 amide bonds. The number of methoxy groups -OCH3 is 1. The summed E-state index contributed by atoms with van der Waals surface area (Å²) >= 11 is 0. The van der Waals surface area contributed by atoms with E-state index in [4.69, 9.17) is 18.9 Å². The van der Waals surface area contributed by atoms with Gasteiger partial charge in [0.1, 0.15) is 5.60 Å². The second-order valence-electron chi connectivity index (χ2n) is 9.38. The van der Waals surface area contributed by atoms with E-state index in [1.54, 1.807) is 14.0 Å². The minimum Gasteiger partial charge on any atom is -0.384 e. The Morgan fingerprint density at radius 1 is 0.963 bits per heavy atom. The first-order valence-corrected chi connectivity index (χ1v) is 10.8. The van der Waals surface area contributed by atoms with Gasteiger partial charge in [-0.2, -0.15) is 0 Å². The lowest BCUT2D eigenvalue weighted by Gasteiger charge is -2.56. The Bertz CT molecular complexity index is 525. The molecule has 4 aliphatic rings. The predicted octanol–water partition coefficient (Wildman–Crippen LogP) is 2.95. The number of hydrogen-bond acceptors (Lipinski definition) is 6. The van der Waals surface area contributed by atoms with Crippen LogP contribution in [0.5, 0.6) is 0 Å². The van der Waals surface area contributed by atoms with Crippen LogP contribution in [0.3, 0.4) is 0 Å². The van der Waals surface area contributed by atoms with Gasteiger partial charge in [0.25, 0.3) is 0 Å². The maximum absolute atomic E-state index is 11.7. The molecule has 2 N–H and O–H groups in total. The van der Waals surface area contributed by atoms with Crippen LogP contribution in [0.1, 0.15) is 71.6 Å². The van der Waals surface area contributed by atoms with Crippen molar-refractivity contribution in [1.82, 2.24) is 0 Å². The Morgan fingerprint density at radius 3 is 2.44 bits per heavy atom. The second-order valence-corrected chi connectivity index (χ2v) is 9.38. The van der Waals surface area contributed by atoms with Gasteiger partial charge >= 0.3 is 0 Å². The van der Waals surface area contributed by atoms with Crippen molar-refractivity contribution in [2.45, 2.75) is 108 Å². The lowest BCUT2D eigenvalue weighted by Crippen LogP contribution is -2.66. The number of hydrogen-bond donors (Lipinski definition) is 2. The molecule has 6 nitrogen and oxygen atoms in total. The van der Waals surface area contributed by atoms with E-state index in [1.807, 2.05) is 0 Å². The monoisotopic (exact) mass is 384 g/mol. The van der Waals surface area contributed by atoms with Gasteiger partial charge in [-0.25, -0.2) is 0 Å². The largest absolute Gasteiger partial charge is 0.384 e. The lowest BCUT2D eigenvalue weighted by molar-refractivity contribution is -0.412. The fourth-order valence-corrected chi connectivity index (χ4v) is 5.99. The standard InChI is InChI=1S/C21H36O6/c1-13-15-8-6-7-14-11-12-20(2,22)27-19(21(14,15)23)26-18(13)25-17-10-5-4-9-16(17)24-3/h13-19,22-23H,4-12H2,1-3H3. The lowest BCUT2D eigenvalue weighted by atomic mass is 9.61. The van der Waals surface area contributed by atoms with E-state index in [-0.39, 0.29) is 30.0 Å². The maximum Gasteiger partial charge on any atom is 0.193 e. The molecule has 2 heterocycles. The minimum atomic E-state index is -1.28. The molecule has 0 aromatic rings. The summed E-state index contributed by atoms with van der Waals surface area (Å²) in [6, 6.07) is 0. The molecule has 156 valence electrons. The quantitative estimate of drug-likeness (QED) is 0.779. The van der Waals surface area contributed by atoms with E-state index in [1.165, 1.54) is 0 Å². The van der Waals surface area contributed by atoms with Gasteiger partial charge in [0.2, 0.25) is 0 Å². The fraction of sp³-hybridized carbons (Fsp3) is 1.00. The topological polar surface area (TPSA) is 77.4 Å². The molecule has 0 spiro atoms. The maximum atomic E-state index is 11.7. The third kappa shape index (κ3) is 3.58. The number of ether oxygens (including phenoxy) is 4. The smallest absolute Gasteiger partial charge is 0.193 e. The molecule has 6 heteroatoms. The highest BCUT2D eigenvalue weighted by Crippen LogP contribution is 2.54. The first-order valence-electron chi connectivity index (χ1n) is 10.8. The van der Waals surface area contributed by atoms with Gasteiger partial charge < -0.3 is 29.2 Å². The van der Waals surface area contributed by atoms with Crippen LogP contribution in [0, 0.1) is 17.8 Å². The van der Waals surface area contributed by atoms with Crippen molar-refractivity contribution in [3.63, 3.8) is 0 Å². The number of rotatable bonds is 3. The average Bonchev–Trinajstić information content (AvgIpc) is 2.74. The van der Waals surface area contributed by atoms with Crippen molar-refractivity contribution in [2.24, 2.45) is 17.8 Å². The highest BCUT2D eigenvalue weighted by molar-refractivity contribution is 5.05. The zero-order valence-electron chi connectivity index (χ0n) is 16.9. The summed E-state index contributed by atoms with van der Waals surface area (Å²) in [7, 11) is 1.74. The average molecular weight is 385 g/mol. The van der Waals surface area contributed by atoms with Gasteiger partial charge in [0.15, 0.2) is 18.4 Å². The van der Waals surface area contributed by atoms with Crippen LogP contribution in [0.25, 0.3) is 0 Å². The molecular formula is C21H36O6. The Morgan fingerprint density at radius 2 is 1.70 bits per heavy atom. The molecule has 9 unspecified atom stereocenters. The van der Waals surface area contributed by atoms with Crippen LogP contribution < -0.4 is 0 Å². The summed E-state index contributed by atoms with van der Waals surface area (Å²) < 4.78 is 24.2. The highest BCUT2D eigenvalue weighted by atomic mass is 16.8. The predicted molar refractivity (Wildman–Crippen MR) is 98.7 cm³/mol. The second kappa shape index (κ2) is 7.54. The van der Waals surface area contributed by atoms with E-state index in [2.05, 4.69) is 6.92 Å². The molecule has 0 bridgehead atoms. The summed E-state index contributed by atoms with van der Waals surface area (Å²) in [5, 5.41) is 22.3. The first-order chi connectivity index (χ1) is 12.8. The molecule has 9 atom stereocenters. The minimum absolute atomic E-state index is 0.00747. The van der Waals surface area contributed by atoms with E-state index >= 15 is 0 Å². The van der Waals surface area contributed by atoms with Crippen molar-refractivity contribution in [2.75, 3.05) is 7.11 Å². The van der Waals surface area contributed by atoms with Crippen molar-refractivity contribution < 1.29 is 29.2 Å². The van der Waals surface area contributed by atoms with Crippen LogP contribution in [0.4, 0.5) is 0 Å². The molecule has 4 fully saturated rings. The third-order valence-corrected chi connectivity index (χ3v) is 7.59. The summed E-state index contributed by atoms with van der Waals surface area (Å²) in [6.07, 6.45) is 7.33. The van der Waals surface area contributed by atoms with E-state index < -0.39 is 24.0 Å². The summed E-state index contributed by atoms with van der Waals surface area (Å²) in [4.78, 5) is 0. The SMILES string of the molecule is COC1CCCCC1OC1OC2OC(C)(O)CCC3CCCC(C1C)C32O. The summed E-state index contributed by atoms with van der Waals surface area (Å²) in [5.74, 6) is -1.06. The van der Waals surface area contributed by atoms with Gasteiger partial charge in [0, 0.05) is 25.4 Å². The van der Waals surface area contributed by atoms with Crippen LogP contribution in [0.15, 0.2) is 0 Å². The molecule has 2 saturated heterocycles. The molecule has 0 aromatic carbocycles. The highest BCUT2D eigenvalue weighted by Gasteiger charge is 2.62. The Kier molecular flexibility index (Phi) is 5.60. The molecular weight excluding hydrogens is 348 g/mol. The molecule has 2 aliphatic heterocycles. The third-order valence-electron chi connectivity index (χ3n) is 7.59. The molecule has 27 heavy (non-hydrogen) atoms. The van der Waals surface area contributed by atoms with Crippen LogP contribution in [0.2, 0.25) is 0 Å². The first kappa shape index (κ1) is 20.0. The zero-order valence-corrected chi connectivity index (χ0v) is 16.9. The number of aliphatic hydroxyl groups is 2. The van der Waals surface area contributed by atoms with E-state index in [0.29, 0.717) is 6.42 Å². The normalized spacial score (nSPS) is 53.4. The van der Waals surface area contributed by atoms with Crippen molar-refractivity contribution in [3.8, 4) is 0 Å². The van der Waals surface area contributed by atoms with Crippen molar-refractivity contribution in [3.05, 3.63) is 0 Å². The van der Waals surface area contributed by atoms with Gasteiger partial charge in [-0.1, -0.05) is 26.2 Å². The van der Waals surface area contributed by atoms with Gasteiger partial charge in [-0.15, -0.1) is 0 Å². The summed E-state index contributed by atoms with van der Waals surface area (Å²) in [6.45, 7) is 3.79.